The van der Waals surface area contributed by atoms with Crippen molar-refractivity contribution in [3.63, 3.8) is 0 Å². The van der Waals surface area contributed by atoms with Crippen LogP contribution in [0.2, 0.25) is 0 Å². The maximum Gasteiger partial charge on any atom is 0.210 e. The quantitative estimate of drug-likeness (QED) is 0.568. The molecule has 0 heterocycles. The molecule has 0 saturated heterocycles. The number of nitriles is 2. The van der Waals surface area contributed by atoms with Crippen molar-refractivity contribution in [2.24, 2.45) is 0 Å². The normalized spacial score (nSPS) is 10.1. The summed E-state index contributed by atoms with van der Waals surface area (Å²) in [6.07, 6.45) is 0. The Kier molecular flexibility index (Phi) is 5.24. The van der Waals surface area contributed by atoms with Crippen LogP contribution in [-0.4, -0.2) is 0 Å². The Balaban J connectivity index is 2.21. The Labute approximate surface area is 160 Å². The Hall–Kier alpha value is -3.90. The van der Waals surface area contributed by atoms with Gasteiger partial charge >= 0.3 is 0 Å². The van der Waals surface area contributed by atoms with Crippen molar-refractivity contribution in [2.45, 2.75) is 13.8 Å². The molecule has 0 saturated carbocycles. The molecule has 6 heteroatoms. The van der Waals surface area contributed by atoms with Crippen LogP contribution in [0.5, 0.6) is 23.0 Å². The monoisotopic (exact) mass is 376 g/mol. The molecule has 0 amide bonds. The Morgan fingerprint density at radius 3 is 1.43 bits per heavy atom. The van der Waals surface area contributed by atoms with Gasteiger partial charge in [0.1, 0.15) is 34.8 Å². The van der Waals surface area contributed by atoms with Crippen LogP contribution in [0.25, 0.3) is 0 Å². The Morgan fingerprint density at radius 2 is 1.11 bits per heavy atom. The molecule has 4 nitrogen and oxygen atoms in total. The molecule has 0 atom stereocenters. The van der Waals surface area contributed by atoms with Crippen molar-refractivity contribution < 1.29 is 18.3 Å². The van der Waals surface area contributed by atoms with Crippen molar-refractivity contribution >= 4 is 0 Å². The van der Waals surface area contributed by atoms with Gasteiger partial charge in [0.25, 0.3) is 0 Å². The maximum absolute atomic E-state index is 15.0. The summed E-state index contributed by atoms with van der Waals surface area (Å²) in [5.74, 6) is -3.04. The number of nitrogens with zero attached hydrogens (tertiary/aromatic N) is 2. The van der Waals surface area contributed by atoms with Crippen LogP contribution >= 0.6 is 0 Å². The van der Waals surface area contributed by atoms with E-state index in [1.165, 1.54) is 12.1 Å². The van der Waals surface area contributed by atoms with Crippen LogP contribution in [0.3, 0.4) is 0 Å². The van der Waals surface area contributed by atoms with Gasteiger partial charge in [-0.2, -0.15) is 10.5 Å². The predicted molar refractivity (Wildman–Crippen MR) is 98.3 cm³/mol. The van der Waals surface area contributed by atoms with Gasteiger partial charge in [-0.05, 0) is 49.2 Å². The lowest BCUT2D eigenvalue weighted by atomic mass is 10.1. The second-order valence-electron chi connectivity index (χ2n) is 6.10. The molecule has 138 valence electrons. The first-order chi connectivity index (χ1) is 13.4. The average molecular weight is 376 g/mol. The summed E-state index contributed by atoms with van der Waals surface area (Å²) in [5, 5.41) is 18.4. The third kappa shape index (κ3) is 3.62. The standard InChI is InChI=1S/C22H14F2N2O2/c1-13-5-3-7-15(9-13)27-21-19(23)17(11-25)18(12-26)20(24)22(21)28-16-8-4-6-14(2)10-16/h3-10H,1-2H3. The van der Waals surface area contributed by atoms with Crippen molar-refractivity contribution in [3.05, 3.63) is 82.4 Å². The van der Waals surface area contributed by atoms with Gasteiger partial charge in [0, 0.05) is 0 Å². The first-order valence-corrected chi connectivity index (χ1v) is 8.28. The van der Waals surface area contributed by atoms with Gasteiger partial charge in [0.05, 0.1) is 0 Å². The van der Waals surface area contributed by atoms with Crippen LogP contribution in [0.4, 0.5) is 8.78 Å². The van der Waals surface area contributed by atoms with E-state index in [1.54, 1.807) is 36.4 Å². The van der Waals surface area contributed by atoms with Crippen LogP contribution in [0.1, 0.15) is 22.3 Å². The van der Waals surface area contributed by atoms with Gasteiger partial charge in [0.2, 0.25) is 11.5 Å². The number of aryl methyl sites for hydroxylation is 2. The molecule has 0 unspecified atom stereocenters. The van der Waals surface area contributed by atoms with Crippen molar-refractivity contribution in [1.29, 1.82) is 10.5 Å². The highest BCUT2D eigenvalue weighted by Gasteiger charge is 2.28. The molecule has 28 heavy (non-hydrogen) atoms. The Bertz CT molecular complexity index is 1050. The van der Waals surface area contributed by atoms with Gasteiger partial charge in [-0.25, -0.2) is 8.78 Å². The lowest BCUT2D eigenvalue weighted by molar-refractivity contribution is 0.373. The smallest absolute Gasteiger partial charge is 0.210 e. The number of hydrogen-bond donors (Lipinski definition) is 0. The van der Waals surface area contributed by atoms with E-state index in [-0.39, 0.29) is 11.5 Å². The molecule has 0 fully saturated rings. The molecule has 3 rings (SSSR count). The number of halogens is 2. The summed E-state index contributed by atoms with van der Waals surface area (Å²) in [6.45, 7) is 3.63. The molecule has 0 aromatic heterocycles. The highest BCUT2D eigenvalue weighted by atomic mass is 19.1. The van der Waals surface area contributed by atoms with Crippen molar-refractivity contribution in [3.8, 4) is 35.1 Å². The zero-order valence-electron chi connectivity index (χ0n) is 15.1. The fraction of sp³-hybridized carbons (Fsp3) is 0.0909. The first-order valence-electron chi connectivity index (χ1n) is 8.28. The summed E-state index contributed by atoms with van der Waals surface area (Å²) in [7, 11) is 0. The summed E-state index contributed by atoms with van der Waals surface area (Å²) < 4.78 is 41.1. The van der Waals surface area contributed by atoms with Gasteiger partial charge in [-0.15, -0.1) is 0 Å². The van der Waals surface area contributed by atoms with Crippen LogP contribution in [0, 0.1) is 48.1 Å². The van der Waals surface area contributed by atoms with E-state index >= 15 is 0 Å². The Morgan fingerprint density at radius 1 is 0.714 bits per heavy atom. The summed E-state index contributed by atoms with van der Waals surface area (Å²) in [5.41, 5.74) is 0.209. The number of ether oxygens (including phenoxy) is 2. The zero-order valence-corrected chi connectivity index (χ0v) is 15.1. The topological polar surface area (TPSA) is 66.0 Å². The van der Waals surface area contributed by atoms with Crippen molar-refractivity contribution in [1.82, 2.24) is 0 Å². The maximum atomic E-state index is 15.0. The predicted octanol–water partition coefficient (Wildman–Crippen LogP) is 5.91. The van der Waals surface area contributed by atoms with E-state index in [0.717, 1.165) is 11.1 Å². The van der Waals surface area contributed by atoms with E-state index in [4.69, 9.17) is 9.47 Å². The van der Waals surface area contributed by atoms with Crippen LogP contribution < -0.4 is 9.47 Å². The molecular weight excluding hydrogens is 362 g/mol. The van der Waals surface area contributed by atoms with E-state index in [1.807, 2.05) is 26.0 Å². The lowest BCUT2D eigenvalue weighted by Crippen LogP contribution is -2.03. The minimum atomic E-state index is -1.16. The van der Waals surface area contributed by atoms with E-state index < -0.39 is 34.3 Å². The molecule has 0 N–H and O–H groups in total. The molecule has 0 bridgehead atoms. The van der Waals surface area contributed by atoms with Gasteiger partial charge in [0.15, 0.2) is 11.6 Å². The van der Waals surface area contributed by atoms with Crippen LogP contribution in [0.15, 0.2) is 48.5 Å². The summed E-state index contributed by atoms with van der Waals surface area (Å²) in [4.78, 5) is 0. The van der Waals surface area contributed by atoms with Gasteiger partial charge in [-0.3, -0.25) is 0 Å². The SMILES string of the molecule is Cc1cccc(Oc2c(F)c(C#N)c(C#N)c(F)c2Oc2cccc(C)c2)c1. The molecule has 0 radical (unpaired) electrons. The van der Waals surface area contributed by atoms with E-state index in [2.05, 4.69) is 0 Å². The highest BCUT2D eigenvalue weighted by molar-refractivity contribution is 5.60. The molecule has 3 aromatic carbocycles. The summed E-state index contributed by atoms with van der Waals surface area (Å²) >= 11 is 0. The number of rotatable bonds is 4. The largest absolute Gasteiger partial charge is 0.450 e. The van der Waals surface area contributed by atoms with E-state index in [9.17, 15) is 19.3 Å². The zero-order chi connectivity index (χ0) is 20.3. The third-order valence-electron chi connectivity index (χ3n) is 3.94. The minimum absolute atomic E-state index is 0.237. The molecular formula is C22H14F2N2O2. The number of benzene rings is 3. The molecule has 0 aliphatic heterocycles. The number of hydrogen-bond acceptors (Lipinski definition) is 4. The van der Waals surface area contributed by atoms with E-state index in [0.29, 0.717) is 0 Å². The molecule has 0 spiro atoms. The average Bonchev–Trinajstić information content (AvgIpc) is 2.67. The third-order valence-corrected chi connectivity index (χ3v) is 3.94. The minimum Gasteiger partial charge on any atom is -0.450 e. The second-order valence-corrected chi connectivity index (χ2v) is 6.10. The first kappa shape index (κ1) is 18.9. The lowest BCUT2D eigenvalue weighted by Gasteiger charge is -2.16. The fourth-order valence-corrected chi connectivity index (χ4v) is 2.63. The molecule has 3 aromatic rings. The molecule has 0 aliphatic carbocycles. The summed E-state index contributed by atoms with van der Waals surface area (Å²) in [6, 6.07) is 16.4. The molecule has 0 aliphatic rings. The van der Waals surface area contributed by atoms with Crippen LogP contribution in [-0.2, 0) is 0 Å². The highest BCUT2D eigenvalue weighted by Crippen LogP contribution is 2.42. The second kappa shape index (κ2) is 7.77. The van der Waals surface area contributed by atoms with Gasteiger partial charge in [-0.1, -0.05) is 24.3 Å². The van der Waals surface area contributed by atoms with Gasteiger partial charge < -0.3 is 9.47 Å². The van der Waals surface area contributed by atoms with Crippen molar-refractivity contribution in [2.75, 3.05) is 0 Å². The fourth-order valence-electron chi connectivity index (χ4n) is 2.63.